The molecule has 0 aliphatic carbocycles. The maximum atomic E-state index is 11.1. The second kappa shape index (κ2) is 3.64. The van der Waals surface area contributed by atoms with E-state index in [1.165, 1.54) is 6.07 Å². The van der Waals surface area contributed by atoms with E-state index < -0.39 is 0 Å². The molecule has 0 amide bonds. The van der Waals surface area contributed by atoms with Gasteiger partial charge in [0.2, 0.25) is 5.43 Å². The van der Waals surface area contributed by atoms with Crippen LogP contribution in [0.4, 0.5) is 0 Å². The fraction of sp³-hybridized carbons (Fsp3) is 0.500. The number of aryl methyl sites for hydroxylation is 1. The van der Waals surface area contributed by atoms with Crippen LogP contribution in [0.15, 0.2) is 17.1 Å². The molecule has 3 heteroatoms. The standard InChI is InChI=1S/C10H15NO2/c1-7(2)6-8-10(13)9(12)4-5-11(8)3/h4-5,7,13H,6H2,1-3H3. The number of hydrogen-bond acceptors (Lipinski definition) is 2. The summed E-state index contributed by atoms with van der Waals surface area (Å²) in [6.45, 7) is 4.10. The number of pyridine rings is 1. The Morgan fingerprint density at radius 3 is 2.69 bits per heavy atom. The summed E-state index contributed by atoms with van der Waals surface area (Å²) in [6.07, 6.45) is 2.40. The number of rotatable bonds is 2. The fourth-order valence-electron chi connectivity index (χ4n) is 1.29. The van der Waals surface area contributed by atoms with Crippen molar-refractivity contribution in [2.75, 3.05) is 0 Å². The largest absolute Gasteiger partial charge is 0.503 e. The van der Waals surface area contributed by atoms with Crippen LogP contribution in [0.3, 0.4) is 0 Å². The second-order valence-corrected chi connectivity index (χ2v) is 3.68. The fourth-order valence-corrected chi connectivity index (χ4v) is 1.29. The summed E-state index contributed by atoms with van der Waals surface area (Å²) in [5.41, 5.74) is 0.413. The minimum atomic E-state index is -0.297. The Bertz CT molecular complexity index is 352. The number of aromatic hydroxyl groups is 1. The molecule has 1 aromatic rings. The van der Waals surface area contributed by atoms with Gasteiger partial charge < -0.3 is 9.67 Å². The van der Waals surface area contributed by atoms with Gasteiger partial charge >= 0.3 is 0 Å². The van der Waals surface area contributed by atoms with Crippen LogP contribution in [-0.2, 0) is 13.5 Å². The summed E-state index contributed by atoms with van der Waals surface area (Å²) in [5, 5.41) is 9.49. The molecule has 0 spiro atoms. The molecule has 0 fully saturated rings. The molecule has 0 radical (unpaired) electrons. The maximum absolute atomic E-state index is 11.1. The number of nitrogens with zero attached hydrogens (tertiary/aromatic N) is 1. The Kier molecular flexibility index (Phi) is 2.76. The zero-order valence-corrected chi connectivity index (χ0v) is 8.24. The third-order valence-corrected chi connectivity index (χ3v) is 1.98. The highest BCUT2D eigenvalue weighted by atomic mass is 16.3. The number of hydrogen-bond donors (Lipinski definition) is 1. The van der Waals surface area contributed by atoms with Crippen molar-refractivity contribution in [3.63, 3.8) is 0 Å². The van der Waals surface area contributed by atoms with E-state index in [4.69, 9.17) is 0 Å². The highest BCUT2D eigenvalue weighted by Gasteiger charge is 2.08. The summed E-state index contributed by atoms with van der Waals surface area (Å²) >= 11 is 0. The molecular formula is C10H15NO2. The Morgan fingerprint density at radius 2 is 2.15 bits per heavy atom. The molecule has 1 N–H and O–H groups in total. The van der Waals surface area contributed by atoms with Gasteiger partial charge in [0.1, 0.15) is 0 Å². The molecule has 0 atom stereocenters. The van der Waals surface area contributed by atoms with E-state index in [9.17, 15) is 9.90 Å². The summed E-state index contributed by atoms with van der Waals surface area (Å²) < 4.78 is 1.79. The summed E-state index contributed by atoms with van der Waals surface area (Å²) in [4.78, 5) is 11.1. The van der Waals surface area contributed by atoms with Gasteiger partial charge in [-0.15, -0.1) is 0 Å². The number of aromatic nitrogens is 1. The minimum Gasteiger partial charge on any atom is -0.503 e. The lowest BCUT2D eigenvalue weighted by Crippen LogP contribution is -2.11. The molecule has 1 heterocycles. The normalized spacial score (nSPS) is 10.8. The van der Waals surface area contributed by atoms with E-state index in [2.05, 4.69) is 13.8 Å². The van der Waals surface area contributed by atoms with Crippen molar-refractivity contribution < 1.29 is 5.11 Å². The molecule has 0 bridgehead atoms. The van der Waals surface area contributed by atoms with Gasteiger partial charge in [0.25, 0.3) is 0 Å². The van der Waals surface area contributed by atoms with Crippen LogP contribution in [0.1, 0.15) is 19.5 Å². The van der Waals surface area contributed by atoms with Crippen LogP contribution >= 0.6 is 0 Å². The van der Waals surface area contributed by atoms with Gasteiger partial charge in [-0.05, 0) is 12.3 Å². The molecular weight excluding hydrogens is 166 g/mol. The molecule has 3 nitrogen and oxygen atoms in total. The van der Waals surface area contributed by atoms with E-state index in [1.807, 2.05) is 7.05 Å². The third-order valence-electron chi connectivity index (χ3n) is 1.98. The van der Waals surface area contributed by atoms with Crippen LogP contribution < -0.4 is 5.43 Å². The van der Waals surface area contributed by atoms with Crippen LogP contribution in [0.2, 0.25) is 0 Å². The van der Waals surface area contributed by atoms with Crippen molar-refractivity contribution in [1.29, 1.82) is 0 Å². The van der Waals surface area contributed by atoms with Crippen molar-refractivity contribution in [2.24, 2.45) is 13.0 Å². The first-order valence-electron chi connectivity index (χ1n) is 4.40. The summed E-state index contributed by atoms with van der Waals surface area (Å²) in [6, 6.07) is 1.37. The van der Waals surface area contributed by atoms with Crippen LogP contribution in [0.25, 0.3) is 0 Å². The summed E-state index contributed by atoms with van der Waals surface area (Å²) in [5.74, 6) is 0.317. The second-order valence-electron chi connectivity index (χ2n) is 3.68. The predicted octanol–water partition coefficient (Wildman–Crippen LogP) is 1.29. The molecule has 1 aromatic heterocycles. The smallest absolute Gasteiger partial charge is 0.223 e. The average Bonchev–Trinajstić information content (AvgIpc) is 2.05. The van der Waals surface area contributed by atoms with E-state index in [-0.39, 0.29) is 11.2 Å². The van der Waals surface area contributed by atoms with E-state index in [0.29, 0.717) is 11.6 Å². The van der Waals surface area contributed by atoms with Crippen molar-refractivity contribution >= 4 is 0 Å². The van der Waals surface area contributed by atoms with E-state index >= 15 is 0 Å². The molecule has 0 saturated heterocycles. The van der Waals surface area contributed by atoms with Gasteiger partial charge in [0.05, 0.1) is 5.69 Å². The molecule has 1 rings (SSSR count). The van der Waals surface area contributed by atoms with Crippen LogP contribution in [0, 0.1) is 5.92 Å². The Balaban J connectivity index is 3.18. The maximum Gasteiger partial charge on any atom is 0.223 e. The SMILES string of the molecule is CC(C)Cc1c(O)c(=O)ccn1C. The molecule has 0 aliphatic heterocycles. The van der Waals surface area contributed by atoms with E-state index in [0.717, 1.165) is 6.42 Å². The lowest BCUT2D eigenvalue weighted by molar-refractivity contribution is 0.444. The first-order valence-corrected chi connectivity index (χ1v) is 4.40. The third kappa shape index (κ3) is 2.11. The Hall–Kier alpha value is -1.25. The predicted molar refractivity (Wildman–Crippen MR) is 51.9 cm³/mol. The quantitative estimate of drug-likeness (QED) is 0.747. The monoisotopic (exact) mass is 181 g/mol. The van der Waals surface area contributed by atoms with Gasteiger partial charge in [0, 0.05) is 19.3 Å². The van der Waals surface area contributed by atoms with Crippen molar-refractivity contribution in [2.45, 2.75) is 20.3 Å². The molecule has 0 aromatic carbocycles. The van der Waals surface area contributed by atoms with Gasteiger partial charge in [0.15, 0.2) is 5.75 Å². The topological polar surface area (TPSA) is 42.2 Å². The van der Waals surface area contributed by atoms with Crippen molar-refractivity contribution in [3.8, 4) is 5.75 Å². The zero-order valence-electron chi connectivity index (χ0n) is 8.24. The van der Waals surface area contributed by atoms with E-state index in [1.54, 1.807) is 10.8 Å². The Morgan fingerprint density at radius 1 is 1.54 bits per heavy atom. The van der Waals surface area contributed by atoms with Gasteiger partial charge in [-0.3, -0.25) is 4.79 Å². The highest BCUT2D eigenvalue weighted by molar-refractivity contribution is 5.26. The van der Waals surface area contributed by atoms with Gasteiger partial charge in [-0.1, -0.05) is 13.8 Å². The lowest BCUT2D eigenvalue weighted by atomic mass is 10.1. The van der Waals surface area contributed by atoms with Crippen LogP contribution in [-0.4, -0.2) is 9.67 Å². The molecule has 0 aliphatic rings. The zero-order chi connectivity index (χ0) is 10.0. The molecule has 13 heavy (non-hydrogen) atoms. The molecule has 72 valence electrons. The first kappa shape index (κ1) is 9.84. The highest BCUT2D eigenvalue weighted by Crippen LogP contribution is 2.14. The minimum absolute atomic E-state index is 0.112. The Labute approximate surface area is 77.6 Å². The van der Waals surface area contributed by atoms with Crippen molar-refractivity contribution in [1.82, 2.24) is 4.57 Å². The first-order chi connectivity index (χ1) is 6.02. The molecule has 0 saturated carbocycles. The summed E-state index contributed by atoms with van der Waals surface area (Å²) in [7, 11) is 1.83. The average molecular weight is 181 g/mol. The van der Waals surface area contributed by atoms with Crippen molar-refractivity contribution in [3.05, 3.63) is 28.2 Å². The lowest BCUT2D eigenvalue weighted by Gasteiger charge is -2.11. The van der Waals surface area contributed by atoms with Gasteiger partial charge in [-0.25, -0.2) is 0 Å². The molecule has 0 unspecified atom stereocenters. The van der Waals surface area contributed by atoms with Gasteiger partial charge in [-0.2, -0.15) is 0 Å². The van der Waals surface area contributed by atoms with Crippen LogP contribution in [0.5, 0.6) is 5.75 Å².